The number of benzene rings is 3. The molecule has 0 fully saturated rings. The summed E-state index contributed by atoms with van der Waals surface area (Å²) in [5, 5.41) is 4.19. The molecule has 0 saturated carbocycles. The normalized spacial score (nSPS) is 8.74. The van der Waals surface area contributed by atoms with Gasteiger partial charge in [-0.1, -0.05) is 91.0 Å². The van der Waals surface area contributed by atoms with E-state index in [1.54, 1.807) is 0 Å². The number of rotatable bonds is 3. The summed E-state index contributed by atoms with van der Waals surface area (Å²) in [6.07, 6.45) is 0. The summed E-state index contributed by atoms with van der Waals surface area (Å²) in [6.45, 7) is 0. The molecule has 0 atom stereocenters. The molecule has 1 radical (unpaired) electrons. The van der Waals surface area contributed by atoms with Crippen molar-refractivity contribution < 1.29 is 56.7 Å². The van der Waals surface area contributed by atoms with Gasteiger partial charge < -0.3 is 37.2 Å². The Hall–Kier alpha value is -0.417. The van der Waals surface area contributed by atoms with E-state index in [1.165, 1.54) is 15.9 Å². The van der Waals surface area contributed by atoms with Gasteiger partial charge in [-0.3, -0.25) is 0 Å². The van der Waals surface area contributed by atoms with Crippen LogP contribution >= 0.6 is 7.92 Å². The smallest absolute Gasteiger partial charge is 1.00 e. The standard InChI is InChI=1S/C18H15P.3ClH.Ru/c1-4-10-16(11-5-1)19(17-12-6-2-7-13-17)18-14-8-3-9-15-18;;;;/h1-15H;3*1H;/q;;;;+3/p-3. The molecule has 0 bridgehead atoms. The second kappa shape index (κ2) is 12.9. The van der Waals surface area contributed by atoms with Crippen LogP contribution in [0.3, 0.4) is 0 Å². The molecule has 3 rings (SSSR count). The molecule has 0 aliphatic carbocycles. The summed E-state index contributed by atoms with van der Waals surface area (Å²) in [4.78, 5) is 0. The summed E-state index contributed by atoms with van der Waals surface area (Å²) in [5.74, 6) is 0. The predicted molar refractivity (Wildman–Crippen MR) is 85.1 cm³/mol. The molecule has 121 valence electrons. The molecule has 0 unspecified atom stereocenters. The van der Waals surface area contributed by atoms with Crippen molar-refractivity contribution >= 4 is 23.8 Å². The van der Waals surface area contributed by atoms with E-state index in [9.17, 15) is 0 Å². The molecule has 0 aliphatic heterocycles. The maximum atomic E-state index is 2.23. The third-order valence-electron chi connectivity index (χ3n) is 3.04. The fraction of sp³-hybridized carbons (Fsp3) is 0. The first-order valence-electron chi connectivity index (χ1n) is 6.40. The third kappa shape index (κ3) is 6.54. The van der Waals surface area contributed by atoms with Gasteiger partial charge in [0, 0.05) is 0 Å². The molecule has 0 aliphatic rings. The van der Waals surface area contributed by atoms with Crippen LogP contribution in [0.1, 0.15) is 0 Å². The van der Waals surface area contributed by atoms with Crippen LogP contribution in [0.25, 0.3) is 0 Å². The number of hydrogen-bond donors (Lipinski definition) is 0. The predicted octanol–water partition coefficient (Wildman–Crippen LogP) is -5.55. The van der Waals surface area contributed by atoms with E-state index >= 15 is 0 Å². The minimum atomic E-state index is -0.446. The van der Waals surface area contributed by atoms with Gasteiger partial charge in [-0.15, -0.1) is 0 Å². The van der Waals surface area contributed by atoms with Gasteiger partial charge in [-0.05, 0) is 23.8 Å². The monoisotopic (exact) mass is 469 g/mol. The van der Waals surface area contributed by atoms with E-state index < -0.39 is 7.92 Å². The molecule has 0 N–H and O–H groups in total. The van der Waals surface area contributed by atoms with E-state index in [0.29, 0.717) is 0 Å². The van der Waals surface area contributed by atoms with Gasteiger partial charge in [-0.2, -0.15) is 0 Å². The third-order valence-corrected chi connectivity index (χ3v) is 5.49. The molecule has 0 saturated heterocycles. The Bertz CT molecular complexity index is 542. The first-order chi connectivity index (χ1) is 9.45. The Balaban J connectivity index is 0. The first-order valence-corrected chi connectivity index (χ1v) is 7.74. The maximum absolute atomic E-state index is 2.23. The largest absolute Gasteiger partial charge is 3.00 e. The zero-order chi connectivity index (χ0) is 12.9. The first kappa shape index (κ1) is 24.8. The number of halogens is 3. The van der Waals surface area contributed by atoms with Gasteiger partial charge in [0.25, 0.3) is 0 Å². The molecule has 0 amide bonds. The molecule has 0 heterocycles. The maximum Gasteiger partial charge on any atom is 3.00 e. The summed E-state index contributed by atoms with van der Waals surface area (Å²) < 4.78 is 0. The Labute approximate surface area is 170 Å². The molecule has 0 spiro atoms. The van der Waals surface area contributed by atoms with Crippen LogP contribution < -0.4 is 53.1 Å². The minimum absolute atomic E-state index is 0. The van der Waals surface area contributed by atoms with Crippen LogP contribution in [0.15, 0.2) is 91.0 Å². The van der Waals surface area contributed by atoms with E-state index in [0.717, 1.165) is 0 Å². The Morgan fingerprint density at radius 3 is 0.826 bits per heavy atom. The fourth-order valence-corrected chi connectivity index (χ4v) is 4.48. The van der Waals surface area contributed by atoms with Crippen molar-refractivity contribution in [3.8, 4) is 0 Å². The fourth-order valence-electron chi connectivity index (χ4n) is 2.18. The van der Waals surface area contributed by atoms with Gasteiger partial charge in [0.05, 0.1) is 0 Å². The Morgan fingerprint density at radius 2 is 0.609 bits per heavy atom. The minimum Gasteiger partial charge on any atom is -1.00 e. The molecule has 23 heavy (non-hydrogen) atoms. The Kier molecular flexibility index (Phi) is 14.0. The van der Waals surface area contributed by atoms with Crippen LogP contribution in [0.2, 0.25) is 0 Å². The van der Waals surface area contributed by atoms with Gasteiger partial charge in [0.15, 0.2) is 0 Å². The van der Waals surface area contributed by atoms with Gasteiger partial charge in [0.1, 0.15) is 0 Å². The zero-order valence-corrected chi connectivity index (χ0v) is 17.0. The van der Waals surface area contributed by atoms with Crippen molar-refractivity contribution in [1.82, 2.24) is 0 Å². The molecule has 5 heteroatoms. The van der Waals surface area contributed by atoms with Crippen molar-refractivity contribution in [2.45, 2.75) is 0 Å². The zero-order valence-electron chi connectivity index (χ0n) is 12.1. The number of hydrogen-bond acceptors (Lipinski definition) is 0. The molecular weight excluding hydrogens is 455 g/mol. The van der Waals surface area contributed by atoms with E-state index in [-0.39, 0.29) is 56.7 Å². The van der Waals surface area contributed by atoms with Crippen molar-refractivity contribution in [3.63, 3.8) is 0 Å². The molecule has 0 nitrogen and oxygen atoms in total. The topological polar surface area (TPSA) is 0 Å². The van der Waals surface area contributed by atoms with E-state index in [4.69, 9.17) is 0 Å². The molecule has 3 aromatic carbocycles. The van der Waals surface area contributed by atoms with Crippen LogP contribution in [0.4, 0.5) is 0 Å². The summed E-state index contributed by atoms with van der Waals surface area (Å²) in [6, 6.07) is 32.3. The summed E-state index contributed by atoms with van der Waals surface area (Å²) >= 11 is 0. The van der Waals surface area contributed by atoms with E-state index in [1.807, 2.05) is 0 Å². The van der Waals surface area contributed by atoms with Crippen LogP contribution in [-0.2, 0) is 19.5 Å². The van der Waals surface area contributed by atoms with Gasteiger partial charge >= 0.3 is 19.5 Å². The molecule has 0 aromatic heterocycles. The van der Waals surface area contributed by atoms with Crippen molar-refractivity contribution in [3.05, 3.63) is 91.0 Å². The Morgan fingerprint density at radius 1 is 0.391 bits per heavy atom. The van der Waals surface area contributed by atoms with Gasteiger partial charge in [-0.25, -0.2) is 0 Å². The SMILES string of the molecule is [Cl-].[Cl-].[Cl-].[Ru+3].c1ccc(P(c2ccccc2)c2ccccc2)cc1. The van der Waals surface area contributed by atoms with Crippen molar-refractivity contribution in [2.75, 3.05) is 0 Å². The second-order valence-corrected chi connectivity index (χ2v) is 6.56. The molecule has 3 aromatic rings. The molecular formula is C18H15Cl3PRu. The van der Waals surface area contributed by atoms with Crippen molar-refractivity contribution in [1.29, 1.82) is 0 Å². The summed E-state index contributed by atoms with van der Waals surface area (Å²) in [7, 11) is -0.446. The average molecular weight is 470 g/mol. The average Bonchev–Trinajstić information content (AvgIpc) is 2.51. The van der Waals surface area contributed by atoms with Crippen LogP contribution in [0.5, 0.6) is 0 Å². The second-order valence-electron chi connectivity index (χ2n) is 4.34. The van der Waals surface area contributed by atoms with E-state index in [2.05, 4.69) is 91.0 Å². The van der Waals surface area contributed by atoms with Crippen molar-refractivity contribution in [2.24, 2.45) is 0 Å². The summed E-state index contributed by atoms with van der Waals surface area (Å²) in [5.41, 5.74) is 0. The quantitative estimate of drug-likeness (QED) is 0.265. The van der Waals surface area contributed by atoms with Gasteiger partial charge in [0.2, 0.25) is 0 Å². The van der Waals surface area contributed by atoms with Crippen LogP contribution in [0, 0.1) is 0 Å². The van der Waals surface area contributed by atoms with Crippen LogP contribution in [-0.4, -0.2) is 0 Å².